The third kappa shape index (κ3) is 3.31. The maximum absolute atomic E-state index is 11.6. The molecule has 0 fully saturated rings. The van der Waals surface area contributed by atoms with Gasteiger partial charge in [0.05, 0.1) is 0 Å². The molecule has 1 unspecified atom stereocenters. The Morgan fingerprint density at radius 3 is 2.90 bits per heavy atom. The SMILES string of the molecule is CCCCC(NCC)c1ccc2c(c1)CN(C)C(=O)N2. The lowest BCUT2D eigenvalue weighted by molar-refractivity contribution is 0.218. The van der Waals surface area contributed by atoms with Crippen LogP contribution in [-0.2, 0) is 6.54 Å². The van der Waals surface area contributed by atoms with Crippen molar-refractivity contribution in [3.8, 4) is 0 Å². The largest absolute Gasteiger partial charge is 0.323 e. The molecule has 1 aromatic carbocycles. The number of carbonyl (C=O) groups is 1. The lowest BCUT2D eigenvalue weighted by Crippen LogP contribution is -2.35. The van der Waals surface area contributed by atoms with Crippen LogP contribution in [0.1, 0.15) is 50.3 Å². The Morgan fingerprint density at radius 2 is 2.20 bits per heavy atom. The average molecular weight is 275 g/mol. The number of fused-ring (bicyclic) bond motifs is 1. The number of rotatable bonds is 6. The lowest BCUT2D eigenvalue weighted by Gasteiger charge is -2.27. The minimum absolute atomic E-state index is 0.0283. The first kappa shape index (κ1) is 14.9. The second kappa shape index (κ2) is 6.75. The summed E-state index contributed by atoms with van der Waals surface area (Å²) in [6, 6.07) is 6.78. The van der Waals surface area contributed by atoms with Gasteiger partial charge < -0.3 is 15.5 Å². The van der Waals surface area contributed by atoms with Crippen LogP contribution < -0.4 is 10.6 Å². The van der Waals surface area contributed by atoms with Crippen LogP contribution >= 0.6 is 0 Å². The van der Waals surface area contributed by atoms with Crippen LogP contribution in [0.2, 0.25) is 0 Å². The predicted molar refractivity (Wildman–Crippen MR) is 82.9 cm³/mol. The van der Waals surface area contributed by atoms with Crippen LogP contribution in [0.15, 0.2) is 18.2 Å². The number of nitrogens with one attached hydrogen (secondary N) is 2. The van der Waals surface area contributed by atoms with Crippen LogP contribution in [0.3, 0.4) is 0 Å². The van der Waals surface area contributed by atoms with Gasteiger partial charge in [-0.15, -0.1) is 0 Å². The van der Waals surface area contributed by atoms with E-state index in [2.05, 4.69) is 36.6 Å². The summed E-state index contributed by atoms with van der Waals surface area (Å²) in [5.74, 6) is 0. The number of unbranched alkanes of at least 4 members (excludes halogenated alkanes) is 1. The van der Waals surface area contributed by atoms with Gasteiger partial charge in [-0.25, -0.2) is 4.79 Å². The summed E-state index contributed by atoms with van der Waals surface area (Å²) in [4.78, 5) is 13.3. The van der Waals surface area contributed by atoms with Gasteiger partial charge >= 0.3 is 6.03 Å². The van der Waals surface area contributed by atoms with Crippen LogP contribution in [0.25, 0.3) is 0 Å². The Balaban J connectivity index is 2.20. The molecule has 0 aromatic heterocycles. The van der Waals surface area contributed by atoms with E-state index >= 15 is 0 Å². The molecule has 1 heterocycles. The zero-order valence-electron chi connectivity index (χ0n) is 12.7. The molecule has 1 aliphatic rings. The summed E-state index contributed by atoms with van der Waals surface area (Å²) >= 11 is 0. The number of nitrogens with zero attached hydrogens (tertiary/aromatic N) is 1. The predicted octanol–water partition coefficient (Wildman–Crippen LogP) is 3.50. The lowest BCUT2D eigenvalue weighted by atomic mass is 9.97. The number of hydrogen-bond acceptors (Lipinski definition) is 2. The van der Waals surface area contributed by atoms with Crippen LogP contribution in [-0.4, -0.2) is 24.5 Å². The van der Waals surface area contributed by atoms with Crippen molar-refractivity contribution >= 4 is 11.7 Å². The van der Waals surface area contributed by atoms with Crippen LogP contribution in [0, 0.1) is 0 Å². The van der Waals surface area contributed by atoms with E-state index in [1.165, 1.54) is 24.0 Å². The summed E-state index contributed by atoms with van der Waals surface area (Å²) in [6.07, 6.45) is 3.60. The van der Waals surface area contributed by atoms with Crippen molar-refractivity contribution in [2.45, 2.75) is 45.7 Å². The van der Waals surface area contributed by atoms with Crippen LogP contribution in [0.4, 0.5) is 10.5 Å². The van der Waals surface area contributed by atoms with E-state index in [1.54, 1.807) is 4.90 Å². The fraction of sp³-hybridized carbons (Fsp3) is 0.562. The first-order valence-corrected chi connectivity index (χ1v) is 7.54. The van der Waals surface area contributed by atoms with E-state index in [0.29, 0.717) is 12.6 Å². The van der Waals surface area contributed by atoms with Crippen molar-refractivity contribution in [3.63, 3.8) is 0 Å². The number of anilines is 1. The normalized spacial score (nSPS) is 15.8. The molecule has 2 amide bonds. The fourth-order valence-corrected chi connectivity index (χ4v) is 2.66. The summed E-state index contributed by atoms with van der Waals surface area (Å²) < 4.78 is 0. The highest BCUT2D eigenvalue weighted by Gasteiger charge is 2.20. The van der Waals surface area contributed by atoms with E-state index in [4.69, 9.17) is 0 Å². The van der Waals surface area contributed by atoms with Gasteiger partial charge in [-0.1, -0.05) is 38.8 Å². The topological polar surface area (TPSA) is 44.4 Å². The van der Waals surface area contributed by atoms with E-state index in [1.807, 2.05) is 13.1 Å². The third-order valence-electron chi connectivity index (χ3n) is 3.82. The van der Waals surface area contributed by atoms with E-state index in [9.17, 15) is 4.79 Å². The highest BCUT2D eigenvalue weighted by Crippen LogP contribution is 2.28. The van der Waals surface area contributed by atoms with Gasteiger partial charge in [0.25, 0.3) is 0 Å². The summed E-state index contributed by atoms with van der Waals surface area (Å²) in [5, 5.41) is 6.48. The maximum atomic E-state index is 11.6. The van der Waals surface area contributed by atoms with Crippen molar-refractivity contribution in [2.24, 2.45) is 0 Å². The smallest absolute Gasteiger partial charge is 0.321 e. The molecule has 1 aromatic rings. The van der Waals surface area contributed by atoms with E-state index < -0.39 is 0 Å². The van der Waals surface area contributed by atoms with Gasteiger partial charge in [0.15, 0.2) is 0 Å². The minimum Gasteiger partial charge on any atom is -0.323 e. The van der Waals surface area contributed by atoms with Gasteiger partial charge in [-0.3, -0.25) is 0 Å². The minimum atomic E-state index is -0.0283. The number of carbonyl (C=O) groups excluding carboxylic acids is 1. The van der Waals surface area contributed by atoms with E-state index in [0.717, 1.165) is 18.7 Å². The zero-order chi connectivity index (χ0) is 14.5. The van der Waals surface area contributed by atoms with E-state index in [-0.39, 0.29) is 6.03 Å². The van der Waals surface area contributed by atoms with Crippen molar-refractivity contribution in [3.05, 3.63) is 29.3 Å². The number of amides is 2. The fourth-order valence-electron chi connectivity index (χ4n) is 2.66. The highest BCUT2D eigenvalue weighted by molar-refractivity contribution is 5.92. The molecule has 0 saturated carbocycles. The summed E-state index contributed by atoms with van der Waals surface area (Å²) in [6.45, 7) is 6.02. The molecular formula is C16H25N3O. The Hall–Kier alpha value is -1.55. The molecule has 0 radical (unpaired) electrons. The molecule has 0 bridgehead atoms. The molecule has 0 aliphatic carbocycles. The van der Waals surface area contributed by atoms with Crippen molar-refractivity contribution in [1.82, 2.24) is 10.2 Å². The van der Waals surface area contributed by atoms with Crippen molar-refractivity contribution in [2.75, 3.05) is 18.9 Å². The highest BCUT2D eigenvalue weighted by atomic mass is 16.2. The third-order valence-corrected chi connectivity index (χ3v) is 3.82. The molecule has 4 nitrogen and oxygen atoms in total. The molecule has 2 N–H and O–H groups in total. The van der Waals surface area contributed by atoms with Crippen molar-refractivity contribution < 1.29 is 4.79 Å². The number of urea groups is 1. The molecular weight excluding hydrogens is 250 g/mol. The Kier molecular flexibility index (Phi) is 5.01. The molecule has 20 heavy (non-hydrogen) atoms. The summed E-state index contributed by atoms with van der Waals surface area (Å²) in [7, 11) is 1.82. The molecule has 2 rings (SSSR count). The van der Waals surface area contributed by atoms with Gasteiger partial charge in [-0.2, -0.15) is 0 Å². The molecule has 1 aliphatic heterocycles. The zero-order valence-corrected chi connectivity index (χ0v) is 12.7. The summed E-state index contributed by atoms with van der Waals surface area (Å²) in [5.41, 5.74) is 3.47. The monoisotopic (exact) mass is 275 g/mol. The molecule has 4 heteroatoms. The second-order valence-electron chi connectivity index (χ2n) is 5.46. The van der Waals surface area contributed by atoms with Gasteiger partial charge in [0.1, 0.15) is 0 Å². The molecule has 0 spiro atoms. The Bertz CT molecular complexity index is 473. The molecule has 1 atom stereocenters. The molecule has 110 valence electrons. The Labute approximate surface area is 121 Å². The Morgan fingerprint density at radius 1 is 1.40 bits per heavy atom. The van der Waals surface area contributed by atoms with Gasteiger partial charge in [0.2, 0.25) is 0 Å². The quantitative estimate of drug-likeness (QED) is 0.834. The maximum Gasteiger partial charge on any atom is 0.321 e. The number of hydrogen-bond donors (Lipinski definition) is 2. The van der Waals surface area contributed by atoms with Gasteiger partial charge in [0, 0.05) is 25.3 Å². The van der Waals surface area contributed by atoms with Crippen LogP contribution in [0.5, 0.6) is 0 Å². The molecule has 0 saturated heterocycles. The second-order valence-corrected chi connectivity index (χ2v) is 5.46. The van der Waals surface area contributed by atoms with Gasteiger partial charge in [-0.05, 0) is 30.2 Å². The number of benzene rings is 1. The first-order valence-electron chi connectivity index (χ1n) is 7.54. The standard InChI is InChI=1S/C16H25N3O/c1-4-6-7-14(17-5-2)12-8-9-15-13(10-12)11-19(3)16(20)18-15/h8-10,14,17H,4-7,11H2,1-3H3,(H,18,20). The average Bonchev–Trinajstić information content (AvgIpc) is 2.44. The first-order chi connectivity index (χ1) is 9.65. The van der Waals surface area contributed by atoms with Crippen molar-refractivity contribution in [1.29, 1.82) is 0 Å².